The minimum Gasteiger partial charge on any atom is -0.443 e. The molecule has 1 fully saturated rings. The van der Waals surface area contributed by atoms with Crippen LogP contribution in [0.25, 0.3) is 0 Å². The molecule has 0 radical (unpaired) electrons. The summed E-state index contributed by atoms with van der Waals surface area (Å²) in [6.07, 6.45) is 4.52. The van der Waals surface area contributed by atoms with Crippen LogP contribution in [0.1, 0.15) is 56.7 Å². The zero-order valence-corrected chi connectivity index (χ0v) is 15.9. The second kappa shape index (κ2) is 7.58. The highest BCUT2D eigenvalue weighted by atomic mass is 16.6. The lowest BCUT2D eigenvalue weighted by atomic mass is 9.92. The van der Waals surface area contributed by atoms with Crippen molar-refractivity contribution in [3.05, 3.63) is 47.5 Å². The van der Waals surface area contributed by atoms with Gasteiger partial charge in [0, 0.05) is 5.92 Å². The van der Waals surface area contributed by atoms with Gasteiger partial charge in [0.05, 0.1) is 18.6 Å². The molecule has 0 saturated carbocycles. The van der Waals surface area contributed by atoms with Gasteiger partial charge in [-0.1, -0.05) is 42.2 Å². The molecule has 2 amide bonds. The number of aliphatic hydroxyl groups excluding tert-OH is 1. The van der Waals surface area contributed by atoms with Gasteiger partial charge in [-0.2, -0.15) is 0 Å². The highest BCUT2D eigenvalue weighted by molar-refractivity contribution is 5.96. The summed E-state index contributed by atoms with van der Waals surface area (Å²) in [5.74, 6) is 5.38. The van der Waals surface area contributed by atoms with E-state index in [1.54, 1.807) is 20.8 Å². The van der Waals surface area contributed by atoms with Gasteiger partial charge in [0.15, 0.2) is 0 Å². The van der Waals surface area contributed by atoms with Crippen molar-refractivity contribution in [2.75, 3.05) is 6.61 Å². The fourth-order valence-corrected chi connectivity index (χ4v) is 3.43. The van der Waals surface area contributed by atoms with Crippen molar-refractivity contribution in [3.8, 4) is 11.8 Å². The third-order valence-corrected chi connectivity index (χ3v) is 4.77. The lowest BCUT2D eigenvalue weighted by Crippen LogP contribution is -2.40. The number of amides is 2. The number of nitrogens with zero attached hydrogens (tertiary/aromatic N) is 1. The molecule has 142 valence electrons. The van der Waals surface area contributed by atoms with Gasteiger partial charge in [-0.3, -0.25) is 4.79 Å². The van der Waals surface area contributed by atoms with E-state index in [4.69, 9.17) is 4.74 Å². The van der Waals surface area contributed by atoms with E-state index in [0.717, 1.165) is 22.4 Å². The molecule has 0 bridgehead atoms. The second-order valence-electron chi connectivity index (χ2n) is 7.97. The Hall–Kier alpha value is -2.58. The van der Waals surface area contributed by atoms with Crippen LogP contribution in [-0.4, -0.2) is 34.2 Å². The maximum absolute atomic E-state index is 12.6. The molecule has 5 nitrogen and oxygen atoms in total. The number of allylic oxidation sites excluding steroid dienone is 2. The molecule has 1 saturated heterocycles. The fourth-order valence-electron chi connectivity index (χ4n) is 3.43. The van der Waals surface area contributed by atoms with E-state index in [0.29, 0.717) is 6.42 Å². The predicted octanol–water partition coefficient (Wildman–Crippen LogP) is 3.55. The molecule has 1 heterocycles. The Bertz CT molecular complexity index is 807. The first-order chi connectivity index (χ1) is 12.8. The second-order valence-corrected chi connectivity index (χ2v) is 7.97. The number of imide groups is 1. The van der Waals surface area contributed by atoms with Crippen LogP contribution in [0.4, 0.5) is 4.79 Å². The van der Waals surface area contributed by atoms with Crippen molar-refractivity contribution in [1.29, 1.82) is 0 Å². The third-order valence-electron chi connectivity index (χ3n) is 4.77. The molecular weight excluding hydrogens is 342 g/mol. The molecule has 5 heteroatoms. The molecule has 1 aliphatic heterocycles. The van der Waals surface area contributed by atoms with E-state index in [1.807, 2.05) is 30.3 Å². The van der Waals surface area contributed by atoms with Gasteiger partial charge >= 0.3 is 6.09 Å². The number of carbonyl (C=O) groups excluding carboxylic acids is 2. The topological polar surface area (TPSA) is 66.8 Å². The normalized spacial score (nSPS) is 24.5. The number of ether oxygens (including phenoxy) is 1. The Morgan fingerprint density at radius 1 is 1.26 bits per heavy atom. The van der Waals surface area contributed by atoms with Gasteiger partial charge in [-0.05, 0) is 50.8 Å². The van der Waals surface area contributed by atoms with Crippen molar-refractivity contribution in [3.63, 3.8) is 0 Å². The number of likely N-dealkylation sites (tertiary alicyclic amines) is 1. The maximum atomic E-state index is 12.6. The first-order valence-electron chi connectivity index (χ1n) is 9.23. The van der Waals surface area contributed by atoms with E-state index < -0.39 is 23.7 Å². The molecule has 0 aromatic heterocycles. The average Bonchev–Trinajstić information content (AvgIpc) is 2.98. The molecule has 1 aromatic rings. The largest absolute Gasteiger partial charge is 0.443 e. The Balaban J connectivity index is 1.84. The minimum absolute atomic E-state index is 0.168. The number of hydrogen-bond acceptors (Lipinski definition) is 4. The summed E-state index contributed by atoms with van der Waals surface area (Å²) in [5, 5.41) is 9.53. The van der Waals surface area contributed by atoms with E-state index in [2.05, 4.69) is 17.9 Å². The van der Waals surface area contributed by atoms with E-state index in [1.165, 1.54) is 0 Å². The standard InChI is InChI=1S/C22H25NO4/c1-22(2,3)27-21(26)23-19(13-18(14-24)20(23)25)17-11-9-16(10-12-17)15-7-5-4-6-8-15/h4-5,9-12,15,18-19,24H,7,13-14H2,1-3H3/t15-,18?,19?/m1/s1. The van der Waals surface area contributed by atoms with Crippen LogP contribution in [0.5, 0.6) is 0 Å². The summed E-state index contributed by atoms with van der Waals surface area (Å²) in [6.45, 7) is 5.01. The van der Waals surface area contributed by atoms with Crippen molar-refractivity contribution in [1.82, 2.24) is 4.90 Å². The summed E-state index contributed by atoms with van der Waals surface area (Å²) < 4.78 is 5.41. The van der Waals surface area contributed by atoms with Gasteiger partial charge in [0.2, 0.25) is 5.91 Å². The summed E-state index contributed by atoms with van der Waals surface area (Å²) >= 11 is 0. The number of aliphatic hydroxyl groups is 1. The summed E-state index contributed by atoms with van der Waals surface area (Å²) in [5.41, 5.74) is 1.27. The molecule has 2 aliphatic rings. The van der Waals surface area contributed by atoms with Gasteiger partial charge in [0.25, 0.3) is 0 Å². The van der Waals surface area contributed by atoms with Crippen LogP contribution >= 0.6 is 0 Å². The van der Waals surface area contributed by atoms with Crippen LogP contribution in [0.2, 0.25) is 0 Å². The molecular formula is C22H25NO4. The molecule has 1 aromatic carbocycles. The molecule has 27 heavy (non-hydrogen) atoms. The van der Waals surface area contributed by atoms with Crippen LogP contribution in [-0.2, 0) is 9.53 Å². The van der Waals surface area contributed by atoms with Crippen LogP contribution in [0, 0.1) is 17.8 Å². The van der Waals surface area contributed by atoms with Crippen LogP contribution in [0.15, 0.2) is 36.4 Å². The molecule has 2 unspecified atom stereocenters. The molecule has 3 rings (SSSR count). The Morgan fingerprint density at radius 2 is 1.93 bits per heavy atom. The molecule has 1 N–H and O–H groups in total. The van der Waals surface area contributed by atoms with Gasteiger partial charge < -0.3 is 9.84 Å². The predicted molar refractivity (Wildman–Crippen MR) is 102 cm³/mol. The number of rotatable bonds is 3. The lowest BCUT2D eigenvalue weighted by Gasteiger charge is -2.27. The maximum Gasteiger partial charge on any atom is 0.417 e. The first-order valence-corrected chi connectivity index (χ1v) is 9.23. The Kier molecular flexibility index (Phi) is 5.38. The van der Waals surface area contributed by atoms with Crippen LogP contribution in [0.3, 0.4) is 0 Å². The monoisotopic (exact) mass is 367 g/mol. The summed E-state index contributed by atoms with van der Waals surface area (Å²) in [7, 11) is 0. The highest BCUT2D eigenvalue weighted by Gasteiger charge is 2.45. The SMILES string of the molecule is CC(C)(C)OC(=O)N1C(=O)C(CO)CC1c1ccc([C@H]2C#CC=CC2)cc1. The first kappa shape index (κ1) is 19.2. The summed E-state index contributed by atoms with van der Waals surface area (Å²) in [6, 6.07) is 7.43. The van der Waals surface area contributed by atoms with Crippen LogP contribution < -0.4 is 0 Å². The smallest absolute Gasteiger partial charge is 0.417 e. The van der Waals surface area contributed by atoms with E-state index in [9.17, 15) is 14.7 Å². The average molecular weight is 367 g/mol. The van der Waals surface area contributed by atoms with Gasteiger partial charge in [-0.25, -0.2) is 9.69 Å². The van der Waals surface area contributed by atoms with Gasteiger partial charge in [0.1, 0.15) is 5.60 Å². The number of hydrogen-bond donors (Lipinski definition) is 1. The van der Waals surface area contributed by atoms with Crippen molar-refractivity contribution in [2.24, 2.45) is 5.92 Å². The van der Waals surface area contributed by atoms with Gasteiger partial charge in [-0.15, -0.1) is 0 Å². The summed E-state index contributed by atoms with van der Waals surface area (Å²) in [4.78, 5) is 26.4. The Labute approximate surface area is 160 Å². The molecule has 0 spiro atoms. The quantitative estimate of drug-likeness (QED) is 0.830. The fraction of sp³-hybridized carbons (Fsp3) is 0.455. The zero-order chi connectivity index (χ0) is 19.6. The van der Waals surface area contributed by atoms with E-state index in [-0.39, 0.29) is 18.4 Å². The minimum atomic E-state index is -0.698. The third kappa shape index (κ3) is 4.23. The number of carbonyl (C=O) groups is 2. The Morgan fingerprint density at radius 3 is 2.48 bits per heavy atom. The number of benzene rings is 1. The molecule has 1 aliphatic carbocycles. The zero-order valence-electron chi connectivity index (χ0n) is 15.9. The highest BCUT2D eigenvalue weighted by Crippen LogP contribution is 2.38. The van der Waals surface area contributed by atoms with Crippen molar-refractivity contribution in [2.45, 2.75) is 51.2 Å². The lowest BCUT2D eigenvalue weighted by molar-refractivity contribution is -0.132. The van der Waals surface area contributed by atoms with Crippen molar-refractivity contribution >= 4 is 12.0 Å². The van der Waals surface area contributed by atoms with Crippen molar-refractivity contribution < 1.29 is 19.4 Å². The molecule has 3 atom stereocenters. The van der Waals surface area contributed by atoms with E-state index >= 15 is 0 Å².